The number of ether oxygens (including phenoxy) is 3. The predicted octanol–water partition coefficient (Wildman–Crippen LogP) is 4.48. The highest BCUT2D eigenvalue weighted by atomic mass is 32.2. The first-order valence-corrected chi connectivity index (χ1v) is 12.9. The normalized spacial score (nSPS) is 18.2. The minimum atomic E-state index is 0.117. The van der Waals surface area contributed by atoms with Crippen LogP contribution in [0.1, 0.15) is 31.4 Å². The summed E-state index contributed by atoms with van der Waals surface area (Å²) >= 11 is 3.19. The Morgan fingerprint density at radius 1 is 1.16 bits per heavy atom. The molecule has 4 heterocycles. The molecular formula is C23H28N4O3S2. The van der Waals surface area contributed by atoms with Gasteiger partial charge in [0.1, 0.15) is 29.0 Å². The van der Waals surface area contributed by atoms with Gasteiger partial charge in [0, 0.05) is 36.0 Å². The zero-order chi connectivity index (χ0) is 21.8. The molecule has 32 heavy (non-hydrogen) atoms. The SMILES string of the molecule is Cc1csc(Sc2ncnc3cc(OCC4CCNCC4)cc(OC4CCOCC4)c23)n1. The molecule has 2 aromatic heterocycles. The molecule has 2 aliphatic heterocycles. The van der Waals surface area contributed by atoms with Crippen molar-refractivity contribution in [2.75, 3.05) is 32.9 Å². The van der Waals surface area contributed by atoms with Crippen molar-refractivity contribution in [2.24, 2.45) is 5.92 Å². The molecule has 5 rings (SSSR count). The van der Waals surface area contributed by atoms with E-state index in [1.54, 1.807) is 29.4 Å². The Labute approximate surface area is 196 Å². The number of rotatable bonds is 7. The van der Waals surface area contributed by atoms with E-state index in [0.717, 1.165) is 96.1 Å². The Kier molecular flexibility index (Phi) is 7.06. The van der Waals surface area contributed by atoms with Crippen molar-refractivity contribution in [3.8, 4) is 11.5 Å². The number of nitrogens with zero attached hydrogens (tertiary/aromatic N) is 3. The van der Waals surface area contributed by atoms with E-state index in [1.807, 2.05) is 19.1 Å². The maximum absolute atomic E-state index is 6.50. The van der Waals surface area contributed by atoms with Gasteiger partial charge in [0.15, 0.2) is 4.34 Å². The Morgan fingerprint density at radius 2 is 2.00 bits per heavy atom. The molecular weight excluding hydrogens is 444 g/mol. The van der Waals surface area contributed by atoms with Crippen LogP contribution < -0.4 is 14.8 Å². The average molecular weight is 473 g/mol. The van der Waals surface area contributed by atoms with Crippen LogP contribution in [0.5, 0.6) is 11.5 Å². The zero-order valence-corrected chi connectivity index (χ0v) is 19.8. The van der Waals surface area contributed by atoms with Gasteiger partial charge in [0.05, 0.1) is 30.7 Å². The number of hydrogen-bond acceptors (Lipinski definition) is 9. The largest absolute Gasteiger partial charge is 0.493 e. The Hall–Kier alpha value is -1.94. The van der Waals surface area contributed by atoms with E-state index in [-0.39, 0.29) is 6.10 Å². The summed E-state index contributed by atoms with van der Waals surface area (Å²) in [6.07, 6.45) is 5.78. The van der Waals surface area contributed by atoms with Crippen molar-refractivity contribution >= 4 is 34.0 Å². The molecule has 0 bridgehead atoms. The van der Waals surface area contributed by atoms with Crippen LogP contribution in [-0.4, -0.2) is 54.0 Å². The van der Waals surface area contributed by atoms with E-state index < -0.39 is 0 Å². The number of benzene rings is 1. The minimum absolute atomic E-state index is 0.117. The fraction of sp³-hybridized carbons (Fsp3) is 0.522. The lowest BCUT2D eigenvalue weighted by atomic mass is 9.99. The smallest absolute Gasteiger partial charge is 0.156 e. The molecule has 9 heteroatoms. The molecule has 0 amide bonds. The standard InChI is InChI=1S/C23H28N4O3S2/c1-15-13-31-23(27-15)32-22-21-19(25-14-26-22)10-18(29-12-16-2-6-24-7-3-16)11-20(21)30-17-4-8-28-9-5-17/h10-11,13-14,16-17,24H,2-9,12H2,1H3. The van der Waals surface area contributed by atoms with E-state index in [1.165, 1.54) is 0 Å². The Morgan fingerprint density at radius 3 is 2.78 bits per heavy atom. The van der Waals surface area contributed by atoms with Crippen molar-refractivity contribution < 1.29 is 14.2 Å². The third kappa shape index (κ3) is 5.33. The molecule has 0 aliphatic carbocycles. The zero-order valence-electron chi connectivity index (χ0n) is 18.2. The summed E-state index contributed by atoms with van der Waals surface area (Å²) in [5, 5.41) is 7.24. The maximum atomic E-state index is 6.50. The van der Waals surface area contributed by atoms with E-state index in [2.05, 4.69) is 25.6 Å². The number of nitrogens with one attached hydrogen (secondary N) is 1. The lowest BCUT2D eigenvalue weighted by Gasteiger charge is -2.25. The van der Waals surface area contributed by atoms with Crippen molar-refractivity contribution in [1.82, 2.24) is 20.3 Å². The summed E-state index contributed by atoms with van der Waals surface area (Å²) < 4.78 is 19.2. The average Bonchev–Trinajstić information content (AvgIpc) is 3.23. The van der Waals surface area contributed by atoms with Gasteiger partial charge in [0.25, 0.3) is 0 Å². The van der Waals surface area contributed by atoms with Gasteiger partial charge in [-0.05, 0) is 50.5 Å². The third-order valence-electron chi connectivity index (χ3n) is 5.83. The Bertz CT molecular complexity index is 1050. The summed E-state index contributed by atoms with van der Waals surface area (Å²) in [5.41, 5.74) is 1.85. The summed E-state index contributed by atoms with van der Waals surface area (Å²) in [7, 11) is 0. The first-order valence-electron chi connectivity index (χ1n) is 11.2. The van der Waals surface area contributed by atoms with E-state index in [0.29, 0.717) is 5.92 Å². The van der Waals surface area contributed by atoms with Crippen LogP contribution in [0.3, 0.4) is 0 Å². The molecule has 0 radical (unpaired) electrons. The van der Waals surface area contributed by atoms with Gasteiger partial charge in [0.2, 0.25) is 0 Å². The highest BCUT2D eigenvalue weighted by molar-refractivity contribution is 8.01. The second-order valence-electron chi connectivity index (χ2n) is 8.29. The number of thiazole rings is 1. The van der Waals surface area contributed by atoms with Gasteiger partial charge in [-0.3, -0.25) is 0 Å². The number of hydrogen-bond donors (Lipinski definition) is 1. The molecule has 2 aliphatic rings. The van der Waals surface area contributed by atoms with E-state index in [4.69, 9.17) is 14.2 Å². The van der Waals surface area contributed by atoms with Crippen LogP contribution in [-0.2, 0) is 4.74 Å². The molecule has 2 fully saturated rings. The fourth-order valence-electron chi connectivity index (χ4n) is 4.05. The second kappa shape index (κ2) is 10.3. The van der Waals surface area contributed by atoms with Crippen molar-refractivity contribution in [2.45, 2.75) is 48.1 Å². The predicted molar refractivity (Wildman–Crippen MR) is 126 cm³/mol. The fourth-order valence-corrected chi connectivity index (χ4v) is 5.91. The van der Waals surface area contributed by atoms with Crippen LogP contribution in [0.25, 0.3) is 10.9 Å². The number of aromatic nitrogens is 3. The molecule has 1 N–H and O–H groups in total. The van der Waals surface area contributed by atoms with Gasteiger partial charge < -0.3 is 19.5 Å². The summed E-state index contributed by atoms with van der Waals surface area (Å²) in [5.74, 6) is 2.17. The van der Waals surface area contributed by atoms with Gasteiger partial charge in [-0.1, -0.05) is 0 Å². The quantitative estimate of drug-likeness (QED) is 0.504. The number of piperidine rings is 1. The minimum Gasteiger partial charge on any atom is -0.493 e. The molecule has 0 atom stereocenters. The summed E-state index contributed by atoms with van der Waals surface area (Å²) in [4.78, 5) is 13.7. The third-order valence-corrected chi connectivity index (χ3v) is 7.89. The second-order valence-corrected chi connectivity index (χ2v) is 10.4. The first-order chi connectivity index (χ1) is 15.7. The number of fused-ring (bicyclic) bond motifs is 1. The van der Waals surface area contributed by atoms with Crippen molar-refractivity contribution in [3.05, 3.63) is 29.5 Å². The highest BCUT2D eigenvalue weighted by Crippen LogP contribution is 2.40. The van der Waals surface area contributed by atoms with Crippen LogP contribution in [0, 0.1) is 12.8 Å². The first kappa shape index (κ1) is 21.9. The topological polar surface area (TPSA) is 78.4 Å². The maximum Gasteiger partial charge on any atom is 0.156 e. The van der Waals surface area contributed by atoms with Crippen LogP contribution in [0.15, 0.2) is 33.2 Å². The van der Waals surface area contributed by atoms with Crippen molar-refractivity contribution in [3.63, 3.8) is 0 Å². The lowest BCUT2D eigenvalue weighted by Crippen LogP contribution is -2.30. The van der Waals surface area contributed by atoms with Gasteiger partial charge in [-0.2, -0.15) is 0 Å². The molecule has 1 aromatic carbocycles. The summed E-state index contributed by atoms with van der Waals surface area (Å²) in [6.45, 7) is 6.30. The van der Waals surface area contributed by atoms with Gasteiger partial charge in [-0.15, -0.1) is 11.3 Å². The van der Waals surface area contributed by atoms with Crippen LogP contribution >= 0.6 is 23.1 Å². The molecule has 170 valence electrons. The lowest BCUT2D eigenvalue weighted by molar-refractivity contribution is 0.0260. The molecule has 0 unspecified atom stereocenters. The van der Waals surface area contributed by atoms with Gasteiger partial charge in [-0.25, -0.2) is 15.0 Å². The molecule has 0 saturated carbocycles. The molecule has 7 nitrogen and oxygen atoms in total. The van der Waals surface area contributed by atoms with E-state index >= 15 is 0 Å². The summed E-state index contributed by atoms with van der Waals surface area (Å²) in [6, 6.07) is 4.02. The van der Waals surface area contributed by atoms with Crippen LogP contribution in [0.2, 0.25) is 0 Å². The number of aryl methyl sites for hydroxylation is 1. The Balaban J connectivity index is 1.46. The van der Waals surface area contributed by atoms with Gasteiger partial charge >= 0.3 is 0 Å². The van der Waals surface area contributed by atoms with Crippen LogP contribution in [0.4, 0.5) is 0 Å². The molecule has 0 spiro atoms. The van der Waals surface area contributed by atoms with Crippen molar-refractivity contribution in [1.29, 1.82) is 0 Å². The van der Waals surface area contributed by atoms with E-state index in [9.17, 15) is 0 Å². The monoisotopic (exact) mass is 472 g/mol. The highest BCUT2D eigenvalue weighted by Gasteiger charge is 2.21. The molecule has 3 aromatic rings. The molecule has 2 saturated heterocycles.